The molecule has 2 N–H and O–H groups in total. The zero-order valence-corrected chi connectivity index (χ0v) is 9.69. The third-order valence-electron chi connectivity index (χ3n) is 1.85. The van der Waals surface area contributed by atoms with Crippen LogP contribution in [0.1, 0.15) is 6.92 Å². The minimum absolute atomic E-state index is 0.185. The first-order chi connectivity index (χ1) is 7.14. The lowest BCUT2D eigenvalue weighted by atomic mass is 10.1. The highest BCUT2D eigenvalue weighted by atomic mass is 32.2. The molecule has 96 valence electrons. The maximum Gasteiger partial charge on any atom is 0.403 e. The van der Waals surface area contributed by atoms with Crippen LogP contribution in [0.4, 0.5) is 13.2 Å². The van der Waals surface area contributed by atoms with Gasteiger partial charge in [0.25, 0.3) is 0 Å². The van der Waals surface area contributed by atoms with Crippen LogP contribution < -0.4 is 5.32 Å². The number of carboxylic acid groups (broad SMARTS) is 1. The Bertz CT molecular complexity index is 270. The largest absolute Gasteiger partial charge is 0.481 e. The molecule has 0 spiro atoms. The van der Waals surface area contributed by atoms with E-state index in [1.54, 1.807) is 6.92 Å². The number of halogens is 3. The van der Waals surface area contributed by atoms with E-state index in [1.165, 1.54) is 6.26 Å². The SMILES string of the molecule is CC(CS(C)=O)NCC(C(=O)O)C(F)(F)F. The molecule has 16 heavy (non-hydrogen) atoms. The molecule has 0 fully saturated rings. The molecule has 0 aromatic carbocycles. The van der Waals surface area contributed by atoms with Gasteiger partial charge < -0.3 is 10.4 Å². The predicted molar refractivity (Wildman–Crippen MR) is 53.6 cm³/mol. The van der Waals surface area contributed by atoms with Crippen molar-refractivity contribution in [3.63, 3.8) is 0 Å². The topological polar surface area (TPSA) is 66.4 Å². The van der Waals surface area contributed by atoms with E-state index < -0.39 is 41.4 Å². The van der Waals surface area contributed by atoms with Gasteiger partial charge in [-0.05, 0) is 6.92 Å². The summed E-state index contributed by atoms with van der Waals surface area (Å²) in [4.78, 5) is 10.4. The van der Waals surface area contributed by atoms with E-state index in [9.17, 15) is 22.2 Å². The van der Waals surface area contributed by atoms with Gasteiger partial charge in [-0.3, -0.25) is 9.00 Å². The third-order valence-corrected chi connectivity index (χ3v) is 2.82. The molecule has 0 aromatic heterocycles. The normalized spacial score (nSPS) is 17.8. The van der Waals surface area contributed by atoms with Crippen LogP contribution in [-0.2, 0) is 15.6 Å². The maximum atomic E-state index is 12.2. The number of aliphatic carboxylic acids is 1. The molecule has 0 heterocycles. The molecule has 4 nitrogen and oxygen atoms in total. The van der Waals surface area contributed by atoms with Crippen LogP contribution in [0.25, 0.3) is 0 Å². The summed E-state index contributed by atoms with van der Waals surface area (Å²) >= 11 is 0. The Morgan fingerprint density at radius 3 is 2.31 bits per heavy atom. The number of carbonyl (C=O) groups is 1. The Hall–Kier alpha value is -0.630. The quantitative estimate of drug-likeness (QED) is 0.735. The number of carboxylic acids is 1. The Morgan fingerprint density at radius 2 is 2.00 bits per heavy atom. The van der Waals surface area contributed by atoms with Gasteiger partial charge in [-0.2, -0.15) is 13.2 Å². The lowest BCUT2D eigenvalue weighted by Crippen LogP contribution is -2.43. The zero-order chi connectivity index (χ0) is 12.9. The van der Waals surface area contributed by atoms with E-state index in [1.807, 2.05) is 0 Å². The summed E-state index contributed by atoms with van der Waals surface area (Å²) < 4.78 is 47.4. The zero-order valence-electron chi connectivity index (χ0n) is 8.87. The van der Waals surface area contributed by atoms with Crippen molar-refractivity contribution in [1.82, 2.24) is 5.32 Å². The summed E-state index contributed by atoms with van der Waals surface area (Å²) in [7, 11) is -1.13. The third kappa shape index (κ3) is 6.06. The molecule has 0 aliphatic carbocycles. The fourth-order valence-corrected chi connectivity index (χ4v) is 1.90. The Labute approximate surface area is 93.7 Å². The molecule has 0 amide bonds. The van der Waals surface area contributed by atoms with Crippen molar-refractivity contribution in [3.8, 4) is 0 Å². The average Bonchev–Trinajstić information content (AvgIpc) is 1.98. The summed E-state index contributed by atoms with van der Waals surface area (Å²) in [6.07, 6.45) is -3.35. The molecule has 3 unspecified atom stereocenters. The number of hydrogen-bond donors (Lipinski definition) is 2. The van der Waals surface area contributed by atoms with Gasteiger partial charge in [-0.15, -0.1) is 0 Å². The molecule has 0 rings (SSSR count). The molecule has 0 aliphatic rings. The van der Waals surface area contributed by atoms with Crippen molar-refractivity contribution < 1.29 is 27.3 Å². The maximum absolute atomic E-state index is 12.2. The van der Waals surface area contributed by atoms with Crippen LogP contribution in [0, 0.1) is 5.92 Å². The Balaban J connectivity index is 4.24. The van der Waals surface area contributed by atoms with Crippen molar-refractivity contribution in [2.75, 3.05) is 18.6 Å². The van der Waals surface area contributed by atoms with E-state index >= 15 is 0 Å². The summed E-state index contributed by atoms with van der Waals surface area (Å²) in [5.74, 6) is -4.16. The van der Waals surface area contributed by atoms with E-state index in [-0.39, 0.29) is 5.75 Å². The fourth-order valence-electron chi connectivity index (χ4n) is 1.07. The average molecular weight is 261 g/mol. The molecule has 8 heteroatoms. The van der Waals surface area contributed by atoms with Crippen molar-refractivity contribution in [2.45, 2.75) is 19.1 Å². The molecule has 3 atom stereocenters. The molecular weight excluding hydrogens is 247 g/mol. The van der Waals surface area contributed by atoms with Gasteiger partial charge in [0.15, 0.2) is 5.92 Å². The van der Waals surface area contributed by atoms with Gasteiger partial charge in [-0.25, -0.2) is 0 Å². The van der Waals surface area contributed by atoms with Crippen LogP contribution in [0.5, 0.6) is 0 Å². The lowest BCUT2D eigenvalue weighted by molar-refractivity contribution is -0.192. The Morgan fingerprint density at radius 1 is 1.50 bits per heavy atom. The van der Waals surface area contributed by atoms with E-state index in [2.05, 4.69) is 5.32 Å². The summed E-state index contributed by atoms with van der Waals surface area (Å²) in [5, 5.41) is 10.8. The van der Waals surface area contributed by atoms with Crippen LogP contribution in [0.3, 0.4) is 0 Å². The lowest BCUT2D eigenvalue weighted by Gasteiger charge is -2.19. The van der Waals surface area contributed by atoms with Crippen molar-refractivity contribution in [2.24, 2.45) is 5.92 Å². The highest BCUT2D eigenvalue weighted by molar-refractivity contribution is 7.84. The first-order valence-electron chi connectivity index (χ1n) is 4.47. The molecule has 0 aliphatic heterocycles. The highest BCUT2D eigenvalue weighted by Crippen LogP contribution is 2.25. The van der Waals surface area contributed by atoms with Crippen LogP contribution in [-0.4, -0.2) is 46.1 Å². The predicted octanol–water partition coefficient (Wildman–Crippen LogP) is 0.606. The first-order valence-corrected chi connectivity index (χ1v) is 6.20. The summed E-state index contributed by atoms with van der Waals surface area (Å²) in [5.41, 5.74) is 0. The molecular formula is C8H14F3NO3S. The smallest absolute Gasteiger partial charge is 0.403 e. The van der Waals surface area contributed by atoms with Crippen LogP contribution >= 0.6 is 0 Å². The number of alkyl halides is 3. The molecule has 0 bridgehead atoms. The standard InChI is InChI=1S/C8H14F3NO3S/c1-5(4-16(2)15)12-3-6(7(13)14)8(9,10)11/h5-6,12H,3-4H2,1-2H3,(H,13,14). The van der Waals surface area contributed by atoms with E-state index in [0.717, 1.165) is 0 Å². The van der Waals surface area contributed by atoms with Crippen molar-refractivity contribution in [1.29, 1.82) is 0 Å². The summed E-state index contributed by atoms with van der Waals surface area (Å²) in [6.45, 7) is 0.841. The monoisotopic (exact) mass is 261 g/mol. The molecule has 0 saturated heterocycles. The second-order valence-corrected chi connectivity index (χ2v) is 4.96. The van der Waals surface area contributed by atoms with E-state index in [4.69, 9.17) is 5.11 Å². The molecule has 0 saturated carbocycles. The Kier molecular flexibility index (Phi) is 5.95. The first kappa shape index (κ1) is 15.4. The van der Waals surface area contributed by atoms with Gasteiger partial charge in [0, 0.05) is 35.4 Å². The second kappa shape index (κ2) is 6.19. The number of nitrogens with one attached hydrogen (secondary N) is 1. The van der Waals surface area contributed by atoms with Gasteiger partial charge in [0.05, 0.1) is 0 Å². The summed E-state index contributed by atoms with van der Waals surface area (Å²) in [6, 6.07) is -0.421. The van der Waals surface area contributed by atoms with Gasteiger partial charge in [0.2, 0.25) is 0 Å². The van der Waals surface area contributed by atoms with Gasteiger partial charge >= 0.3 is 12.1 Å². The molecule has 0 radical (unpaired) electrons. The number of rotatable bonds is 6. The van der Waals surface area contributed by atoms with Crippen LogP contribution in [0.15, 0.2) is 0 Å². The number of hydrogen-bond acceptors (Lipinski definition) is 3. The van der Waals surface area contributed by atoms with Crippen LogP contribution in [0.2, 0.25) is 0 Å². The highest BCUT2D eigenvalue weighted by Gasteiger charge is 2.44. The van der Waals surface area contributed by atoms with Crippen molar-refractivity contribution in [3.05, 3.63) is 0 Å². The minimum atomic E-state index is -4.77. The van der Waals surface area contributed by atoms with E-state index in [0.29, 0.717) is 0 Å². The minimum Gasteiger partial charge on any atom is -0.481 e. The van der Waals surface area contributed by atoms with Gasteiger partial charge in [-0.1, -0.05) is 0 Å². The molecule has 0 aromatic rings. The van der Waals surface area contributed by atoms with Crippen molar-refractivity contribution >= 4 is 16.8 Å². The second-order valence-electron chi connectivity index (χ2n) is 3.48. The fraction of sp³-hybridized carbons (Fsp3) is 0.875. The van der Waals surface area contributed by atoms with Gasteiger partial charge in [0.1, 0.15) is 0 Å².